The highest BCUT2D eigenvalue weighted by Crippen LogP contribution is 2.23. The Kier molecular flexibility index (Phi) is 6.46. The minimum absolute atomic E-state index is 0.0689. The van der Waals surface area contributed by atoms with Crippen molar-refractivity contribution in [2.24, 2.45) is 0 Å². The molecular formula is C21H25N5OS. The zero-order valence-electron chi connectivity index (χ0n) is 16.7. The molecule has 3 rings (SSSR count). The highest BCUT2D eigenvalue weighted by Gasteiger charge is 2.20. The van der Waals surface area contributed by atoms with E-state index >= 15 is 0 Å². The fourth-order valence-corrected chi connectivity index (χ4v) is 3.70. The molecule has 0 aliphatic carbocycles. The number of aryl methyl sites for hydroxylation is 1. The van der Waals surface area contributed by atoms with Crippen LogP contribution >= 0.6 is 11.8 Å². The smallest absolute Gasteiger partial charge is 0.233 e. The van der Waals surface area contributed by atoms with Gasteiger partial charge in [-0.3, -0.25) is 4.79 Å². The van der Waals surface area contributed by atoms with Gasteiger partial charge in [0.25, 0.3) is 0 Å². The summed E-state index contributed by atoms with van der Waals surface area (Å²) in [7, 11) is 0. The molecule has 0 spiro atoms. The molecule has 6 nitrogen and oxygen atoms in total. The lowest BCUT2D eigenvalue weighted by molar-refractivity contribution is -0.130. The van der Waals surface area contributed by atoms with Crippen LogP contribution in [0.2, 0.25) is 0 Å². The summed E-state index contributed by atoms with van der Waals surface area (Å²) in [5.41, 5.74) is 4.35. The third-order valence-corrected chi connectivity index (χ3v) is 5.61. The zero-order valence-corrected chi connectivity index (χ0v) is 17.5. The van der Waals surface area contributed by atoms with Crippen LogP contribution in [0.15, 0.2) is 53.7 Å². The Balaban J connectivity index is 1.72. The lowest BCUT2D eigenvalue weighted by Crippen LogP contribution is -2.37. The molecule has 0 saturated carbocycles. The Bertz CT molecular complexity index is 939. The quantitative estimate of drug-likeness (QED) is 0.569. The van der Waals surface area contributed by atoms with E-state index in [2.05, 4.69) is 28.5 Å². The monoisotopic (exact) mass is 395 g/mol. The maximum absolute atomic E-state index is 12.9. The number of nitrogens with zero attached hydrogens (tertiary/aromatic N) is 5. The Morgan fingerprint density at radius 1 is 1.11 bits per heavy atom. The van der Waals surface area contributed by atoms with Crippen molar-refractivity contribution < 1.29 is 4.79 Å². The zero-order chi connectivity index (χ0) is 20.1. The first-order valence-corrected chi connectivity index (χ1v) is 10.3. The number of rotatable bonds is 7. The van der Waals surface area contributed by atoms with Gasteiger partial charge < -0.3 is 4.90 Å². The minimum atomic E-state index is 0.0689. The molecule has 7 heteroatoms. The van der Waals surface area contributed by atoms with E-state index in [9.17, 15) is 4.79 Å². The molecule has 0 aliphatic rings. The van der Waals surface area contributed by atoms with Crippen LogP contribution in [0.3, 0.4) is 0 Å². The van der Waals surface area contributed by atoms with E-state index in [1.165, 1.54) is 17.3 Å². The van der Waals surface area contributed by atoms with Gasteiger partial charge in [0, 0.05) is 12.6 Å². The van der Waals surface area contributed by atoms with E-state index < -0.39 is 0 Å². The molecule has 1 amide bonds. The van der Waals surface area contributed by atoms with Crippen molar-refractivity contribution in [3.63, 3.8) is 0 Å². The summed E-state index contributed by atoms with van der Waals surface area (Å²) in [5.74, 6) is 0.357. The van der Waals surface area contributed by atoms with E-state index in [1.807, 2.05) is 68.1 Å². The summed E-state index contributed by atoms with van der Waals surface area (Å²) in [5, 5.41) is 12.7. The first-order valence-electron chi connectivity index (χ1n) is 9.28. The molecule has 0 N–H and O–H groups in total. The van der Waals surface area contributed by atoms with Crippen molar-refractivity contribution in [2.75, 3.05) is 5.75 Å². The number of amides is 1. The van der Waals surface area contributed by atoms with Crippen LogP contribution in [0.1, 0.15) is 30.5 Å². The molecule has 1 heterocycles. The van der Waals surface area contributed by atoms with Crippen molar-refractivity contribution >= 4 is 17.7 Å². The number of carbonyl (C=O) groups excluding carboxylic acids is 1. The third-order valence-electron chi connectivity index (χ3n) is 4.71. The Hall–Kier alpha value is -2.67. The molecule has 146 valence electrons. The normalized spacial score (nSPS) is 11.0. The number of benzene rings is 2. The summed E-state index contributed by atoms with van der Waals surface area (Å²) < 4.78 is 1.71. The van der Waals surface area contributed by atoms with Gasteiger partial charge in [-0.1, -0.05) is 54.2 Å². The summed E-state index contributed by atoms with van der Waals surface area (Å²) in [6.07, 6.45) is 0. The maximum Gasteiger partial charge on any atom is 0.233 e. The molecule has 0 saturated heterocycles. The van der Waals surface area contributed by atoms with Crippen molar-refractivity contribution in [3.8, 4) is 5.69 Å². The largest absolute Gasteiger partial charge is 0.335 e. The minimum Gasteiger partial charge on any atom is -0.335 e. The number of thioether (sulfide) groups is 1. The highest BCUT2D eigenvalue weighted by atomic mass is 32.2. The molecule has 0 atom stereocenters. The van der Waals surface area contributed by atoms with Crippen LogP contribution in [-0.4, -0.2) is 42.8 Å². The molecule has 3 aromatic rings. The lowest BCUT2D eigenvalue weighted by atomic mass is 10.1. The topological polar surface area (TPSA) is 63.9 Å². The van der Waals surface area contributed by atoms with Gasteiger partial charge in [-0.2, -0.15) is 4.68 Å². The van der Waals surface area contributed by atoms with Crippen LogP contribution in [0.5, 0.6) is 0 Å². The average Bonchev–Trinajstić information content (AvgIpc) is 3.15. The molecule has 2 aromatic carbocycles. The fraction of sp³-hybridized carbons (Fsp3) is 0.333. The first kappa shape index (κ1) is 20.1. The number of carbonyl (C=O) groups is 1. The van der Waals surface area contributed by atoms with Crippen LogP contribution in [0, 0.1) is 13.8 Å². The maximum atomic E-state index is 12.9. The molecule has 0 radical (unpaired) electrons. The second-order valence-corrected chi connectivity index (χ2v) is 7.92. The van der Waals surface area contributed by atoms with Gasteiger partial charge in [0.1, 0.15) is 0 Å². The van der Waals surface area contributed by atoms with Crippen LogP contribution in [0.25, 0.3) is 5.69 Å². The number of tetrazole rings is 1. The van der Waals surface area contributed by atoms with E-state index in [-0.39, 0.29) is 17.7 Å². The van der Waals surface area contributed by atoms with E-state index in [1.54, 1.807) is 4.68 Å². The van der Waals surface area contributed by atoms with Crippen molar-refractivity contribution in [1.29, 1.82) is 0 Å². The standard InChI is InChI=1S/C21H25N5OS/c1-15(2)25(13-18-10-6-5-7-11-18)20(27)14-28-21-22-23-24-26(21)19-12-8-9-16(3)17(19)4/h5-12,15H,13-14H2,1-4H3. The first-order chi connectivity index (χ1) is 13.5. The SMILES string of the molecule is Cc1cccc(-n2nnnc2SCC(=O)N(Cc2ccccc2)C(C)C)c1C. The summed E-state index contributed by atoms with van der Waals surface area (Å²) in [6, 6.07) is 16.2. The number of hydrogen-bond donors (Lipinski definition) is 0. The summed E-state index contributed by atoms with van der Waals surface area (Å²) in [6.45, 7) is 8.77. The summed E-state index contributed by atoms with van der Waals surface area (Å²) in [4.78, 5) is 14.8. The predicted molar refractivity (Wildman–Crippen MR) is 111 cm³/mol. The molecule has 0 fully saturated rings. The van der Waals surface area contributed by atoms with Gasteiger partial charge in [0.05, 0.1) is 11.4 Å². The van der Waals surface area contributed by atoms with Gasteiger partial charge in [0.2, 0.25) is 11.1 Å². The molecule has 28 heavy (non-hydrogen) atoms. The second kappa shape index (κ2) is 9.01. The lowest BCUT2D eigenvalue weighted by Gasteiger charge is -2.26. The molecular weight excluding hydrogens is 370 g/mol. The Labute approximate surface area is 169 Å². The van der Waals surface area contributed by atoms with Gasteiger partial charge in [-0.05, 0) is 60.9 Å². The molecule has 0 bridgehead atoms. The van der Waals surface area contributed by atoms with Gasteiger partial charge in [0.15, 0.2) is 0 Å². The number of aromatic nitrogens is 4. The van der Waals surface area contributed by atoms with Gasteiger partial charge in [-0.25, -0.2) is 0 Å². The highest BCUT2D eigenvalue weighted by molar-refractivity contribution is 7.99. The van der Waals surface area contributed by atoms with Crippen LogP contribution in [-0.2, 0) is 11.3 Å². The second-order valence-electron chi connectivity index (χ2n) is 6.98. The van der Waals surface area contributed by atoms with E-state index in [4.69, 9.17) is 0 Å². The molecule has 0 unspecified atom stereocenters. The van der Waals surface area contributed by atoms with E-state index in [0.717, 1.165) is 16.8 Å². The van der Waals surface area contributed by atoms with Crippen LogP contribution in [0.4, 0.5) is 0 Å². The van der Waals surface area contributed by atoms with Crippen molar-refractivity contribution in [1.82, 2.24) is 25.1 Å². The fourth-order valence-electron chi connectivity index (χ4n) is 2.93. The molecule has 0 aliphatic heterocycles. The Morgan fingerprint density at radius 2 is 1.86 bits per heavy atom. The van der Waals surface area contributed by atoms with Crippen molar-refractivity contribution in [3.05, 3.63) is 65.2 Å². The summed E-state index contributed by atoms with van der Waals surface area (Å²) >= 11 is 1.36. The molecule has 1 aromatic heterocycles. The average molecular weight is 396 g/mol. The van der Waals surface area contributed by atoms with Gasteiger partial charge >= 0.3 is 0 Å². The third kappa shape index (κ3) is 4.59. The predicted octanol–water partition coefficient (Wildman–Crippen LogP) is 3.81. The van der Waals surface area contributed by atoms with Gasteiger partial charge in [-0.15, -0.1) is 5.10 Å². The van der Waals surface area contributed by atoms with Crippen LogP contribution < -0.4 is 0 Å². The van der Waals surface area contributed by atoms with E-state index in [0.29, 0.717) is 11.7 Å². The Morgan fingerprint density at radius 3 is 2.57 bits per heavy atom. The number of hydrogen-bond acceptors (Lipinski definition) is 5. The van der Waals surface area contributed by atoms with Crippen molar-refractivity contribution in [2.45, 2.75) is 45.4 Å².